The summed E-state index contributed by atoms with van der Waals surface area (Å²) >= 11 is 0. The predicted molar refractivity (Wildman–Crippen MR) is 60.8 cm³/mol. The van der Waals surface area contributed by atoms with Crippen molar-refractivity contribution < 1.29 is 4.74 Å². The monoisotopic (exact) mass is 210 g/mol. The summed E-state index contributed by atoms with van der Waals surface area (Å²) in [4.78, 5) is 11.1. The van der Waals surface area contributed by atoms with Crippen molar-refractivity contribution in [2.45, 2.75) is 32.9 Å². The van der Waals surface area contributed by atoms with E-state index in [0.29, 0.717) is 13.2 Å². The third-order valence-electron chi connectivity index (χ3n) is 2.11. The van der Waals surface area contributed by atoms with E-state index in [0.717, 1.165) is 0 Å². The highest BCUT2D eigenvalue weighted by Gasteiger charge is 2.17. The van der Waals surface area contributed by atoms with Gasteiger partial charge in [-0.2, -0.15) is 0 Å². The average Bonchev–Trinajstić information content (AvgIpc) is 2.10. The van der Waals surface area contributed by atoms with Gasteiger partial charge in [0.25, 0.3) is 0 Å². The Hall–Kier alpha value is -1.29. The van der Waals surface area contributed by atoms with E-state index in [-0.39, 0.29) is 16.7 Å². The molecule has 0 atom stereocenters. The van der Waals surface area contributed by atoms with Gasteiger partial charge in [0.1, 0.15) is 0 Å². The smallest absolute Gasteiger partial charge is 0.204 e. The fourth-order valence-electron chi connectivity index (χ4n) is 1.52. The molecule has 0 aliphatic heterocycles. The van der Waals surface area contributed by atoms with E-state index in [2.05, 4.69) is 0 Å². The fraction of sp³-hybridized carbons (Fsp3) is 0.545. The number of rotatable bonds is 4. The molecule has 84 valence electrons. The van der Waals surface area contributed by atoms with Crippen molar-refractivity contribution in [2.75, 3.05) is 12.3 Å². The standard InChI is InChI=1S/C11H18N2O2/c1-4-15-11(2,3)8-13-6-5-10(14)9(12)7-13/h5-7H,4,8,12H2,1-3H3. The molecule has 1 heterocycles. The second-order valence-corrected chi connectivity index (χ2v) is 4.13. The van der Waals surface area contributed by atoms with Gasteiger partial charge < -0.3 is 15.0 Å². The van der Waals surface area contributed by atoms with Crippen LogP contribution in [0.15, 0.2) is 23.3 Å². The summed E-state index contributed by atoms with van der Waals surface area (Å²) in [6.45, 7) is 7.31. The van der Waals surface area contributed by atoms with E-state index in [4.69, 9.17) is 10.5 Å². The molecule has 1 aromatic rings. The number of nitrogens with zero attached hydrogens (tertiary/aromatic N) is 1. The molecule has 15 heavy (non-hydrogen) atoms. The molecule has 0 aromatic carbocycles. The summed E-state index contributed by atoms with van der Waals surface area (Å²) in [6.07, 6.45) is 3.36. The van der Waals surface area contributed by atoms with Crippen LogP contribution in [0.5, 0.6) is 0 Å². The van der Waals surface area contributed by atoms with Crippen molar-refractivity contribution in [1.29, 1.82) is 0 Å². The summed E-state index contributed by atoms with van der Waals surface area (Å²) in [5, 5.41) is 0. The number of hydrogen-bond donors (Lipinski definition) is 1. The molecular weight excluding hydrogens is 192 g/mol. The maximum atomic E-state index is 11.1. The third-order valence-corrected chi connectivity index (χ3v) is 2.11. The van der Waals surface area contributed by atoms with Crippen molar-refractivity contribution in [2.24, 2.45) is 0 Å². The Bertz CT molecular complexity index is 382. The van der Waals surface area contributed by atoms with Crippen LogP contribution >= 0.6 is 0 Å². The van der Waals surface area contributed by atoms with Crippen molar-refractivity contribution in [1.82, 2.24) is 4.57 Å². The van der Waals surface area contributed by atoms with Gasteiger partial charge >= 0.3 is 0 Å². The molecule has 0 bridgehead atoms. The number of hydrogen-bond acceptors (Lipinski definition) is 3. The van der Waals surface area contributed by atoms with E-state index in [9.17, 15) is 4.79 Å². The third kappa shape index (κ3) is 3.40. The largest absolute Gasteiger partial charge is 0.394 e. The van der Waals surface area contributed by atoms with Crippen molar-refractivity contribution >= 4 is 5.69 Å². The zero-order valence-corrected chi connectivity index (χ0v) is 9.49. The topological polar surface area (TPSA) is 57.2 Å². The first-order valence-corrected chi connectivity index (χ1v) is 5.04. The molecule has 0 aliphatic carbocycles. The molecule has 0 fully saturated rings. The number of nitrogens with two attached hydrogens (primary N) is 1. The zero-order chi connectivity index (χ0) is 11.5. The quantitative estimate of drug-likeness (QED) is 0.813. The molecule has 0 spiro atoms. The maximum Gasteiger partial charge on any atom is 0.204 e. The molecule has 4 heteroatoms. The number of anilines is 1. The summed E-state index contributed by atoms with van der Waals surface area (Å²) < 4.78 is 7.43. The molecule has 1 aromatic heterocycles. The van der Waals surface area contributed by atoms with Gasteiger partial charge in [-0.05, 0) is 20.8 Å². The highest BCUT2D eigenvalue weighted by Crippen LogP contribution is 2.12. The lowest BCUT2D eigenvalue weighted by Crippen LogP contribution is -2.31. The second kappa shape index (κ2) is 4.49. The Morgan fingerprint density at radius 2 is 2.20 bits per heavy atom. The van der Waals surface area contributed by atoms with Crippen molar-refractivity contribution in [3.63, 3.8) is 0 Å². The summed E-state index contributed by atoms with van der Waals surface area (Å²) in [5.41, 5.74) is 5.42. The molecule has 0 aliphatic rings. The minimum Gasteiger partial charge on any atom is -0.394 e. The molecular formula is C11H18N2O2. The number of aromatic nitrogens is 1. The first-order valence-electron chi connectivity index (χ1n) is 5.04. The van der Waals surface area contributed by atoms with Crippen LogP contribution in [-0.2, 0) is 11.3 Å². The van der Waals surface area contributed by atoms with Crippen LogP contribution in [0.1, 0.15) is 20.8 Å². The Balaban J connectivity index is 2.81. The molecule has 4 nitrogen and oxygen atoms in total. The Labute approximate surface area is 89.7 Å². The minimum atomic E-state index is -0.254. The molecule has 0 saturated heterocycles. The first-order chi connectivity index (χ1) is 6.94. The summed E-state index contributed by atoms with van der Waals surface area (Å²) in [6, 6.07) is 1.47. The number of pyridine rings is 1. The van der Waals surface area contributed by atoms with Crippen LogP contribution in [0, 0.1) is 0 Å². The van der Waals surface area contributed by atoms with Gasteiger partial charge in [0.05, 0.1) is 17.8 Å². The number of ether oxygens (including phenoxy) is 1. The Morgan fingerprint density at radius 1 is 1.53 bits per heavy atom. The molecule has 0 saturated carbocycles. The van der Waals surface area contributed by atoms with Crippen LogP contribution < -0.4 is 11.2 Å². The van der Waals surface area contributed by atoms with E-state index in [1.165, 1.54) is 6.07 Å². The zero-order valence-electron chi connectivity index (χ0n) is 9.49. The summed E-state index contributed by atoms with van der Waals surface area (Å²) in [5.74, 6) is 0. The van der Waals surface area contributed by atoms with Gasteiger partial charge in [-0.1, -0.05) is 0 Å². The molecule has 2 N–H and O–H groups in total. The van der Waals surface area contributed by atoms with Crippen LogP contribution in [0.3, 0.4) is 0 Å². The lowest BCUT2D eigenvalue weighted by atomic mass is 10.1. The average molecular weight is 210 g/mol. The lowest BCUT2D eigenvalue weighted by molar-refractivity contribution is -0.0224. The van der Waals surface area contributed by atoms with Gasteiger partial charge in [-0.15, -0.1) is 0 Å². The van der Waals surface area contributed by atoms with E-state index in [1.807, 2.05) is 25.3 Å². The van der Waals surface area contributed by atoms with E-state index >= 15 is 0 Å². The summed E-state index contributed by atoms with van der Waals surface area (Å²) in [7, 11) is 0. The normalized spacial score (nSPS) is 11.7. The maximum absolute atomic E-state index is 11.1. The fourth-order valence-corrected chi connectivity index (χ4v) is 1.52. The highest BCUT2D eigenvalue weighted by molar-refractivity contribution is 5.33. The molecule has 0 radical (unpaired) electrons. The molecule has 0 unspecified atom stereocenters. The molecule has 0 amide bonds. The van der Waals surface area contributed by atoms with Gasteiger partial charge in [0.15, 0.2) is 0 Å². The van der Waals surface area contributed by atoms with Crippen LogP contribution in [0.25, 0.3) is 0 Å². The first kappa shape index (κ1) is 11.8. The molecule has 1 rings (SSSR count). The van der Waals surface area contributed by atoms with Gasteiger partial charge in [-0.25, -0.2) is 0 Å². The minimum absolute atomic E-state index is 0.138. The van der Waals surface area contributed by atoms with Gasteiger partial charge in [-0.3, -0.25) is 4.79 Å². The Kier molecular flexibility index (Phi) is 3.52. The van der Waals surface area contributed by atoms with Crippen LogP contribution in [0.4, 0.5) is 5.69 Å². The van der Waals surface area contributed by atoms with Crippen LogP contribution in [0.2, 0.25) is 0 Å². The number of nitrogen functional groups attached to an aromatic ring is 1. The lowest BCUT2D eigenvalue weighted by Gasteiger charge is -2.25. The van der Waals surface area contributed by atoms with Crippen molar-refractivity contribution in [3.05, 3.63) is 28.7 Å². The van der Waals surface area contributed by atoms with Crippen LogP contribution in [-0.4, -0.2) is 16.8 Å². The SMILES string of the molecule is CCOC(C)(C)Cn1ccc(=O)c(N)c1. The van der Waals surface area contributed by atoms with Gasteiger partial charge in [0, 0.05) is 25.1 Å². The van der Waals surface area contributed by atoms with E-state index < -0.39 is 0 Å². The van der Waals surface area contributed by atoms with Gasteiger partial charge in [0.2, 0.25) is 5.43 Å². The highest BCUT2D eigenvalue weighted by atomic mass is 16.5. The van der Waals surface area contributed by atoms with Crippen molar-refractivity contribution in [3.8, 4) is 0 Å². The Morgan fingerprint density at radius 3 is 2.73 bits per heavy atom. The van der Waals surface area contributed by atoms with E-state index in [1.54, 1.807) is 12.4 Å². The second-order valence-electron chi connectivity index (χ2n) is 4.13. The predicted octanol–water partition coefficient (Wildman–Crippen LogP) is 1.25.